The lowest BCUT2D eigenvalue weighted by Crippen LogP contribution is -2.16. The van der Waals surface area contributed by atoms with E-state index in [2.05, 4.69) is 26.7 Å². The number of nitriles is 1. The van der Waals surface area contributed by atoms with Gasteiger partial charge < -0.3 is 10.6 Å². The standard InChI is InChI=1S/C20H17N5O/c1-14-11-18(19(26)24-17-10-6-5-9-16(17)12-21)25-20(23-14)22-13-15-7-3-2-4-8-15/h2-11H,13H2,1H3,(H,24,26)(H,22,23,25). The highest BCUT2D eigenvalue weighted by molar-refractivity contribution is 6.03. The van der Waals surface area contributed by atoms with Crippen LogP contribution in [-0.4, -0.2) is 15.9 Å². The zero-order chi connectivity index (χ0) is 18.4. The summed E-state index contributed by atoms with van der Waals surface area (Å²) in [6, 6.07) is 20.4. The third kappa shape index (κ3) is 4.22. The largest absolute Gasteiger partial charge is 0.350 e. The number of anilines is 2. The van der Waals surface area contributed by atoms with Crippen molar-refractivity contribution >= 4 is 17.5 Å². The van der Waals surface area contributed by atoms with E-state index < -0.39 is 0 Å². The molecular weight excluding hydrogens is 326 g/mol. The maximum Gasteiger partial charge on any atom is 0.274 e. The zero-order valence-corrected chi connectivity index (χ0v) is 14.2. The highest BCUT2D eigenvalue weighted by Crippen LogP contribution is 2.15. The first-order valence-corrected chi connectivity index (χ1v) is 8.09. The van der Waals surface area contributed by atoms with Crippen molar-refractivity contribution in [1.82, 2.24) is 9.97 Å². The Balaban J connectivity index is 1.76. The fourth-order valence-electron chi connectivity index (χ4n) is 2.42. The minimum atomic E-state index is -0.388. The van der Waals surface area contributed by atoms with Crippen LogP contribution in [0.3, 0.4) is 0 Å². The predicted molar refractivity (Wildman–Crippen MR) is 99.6 cm³/mol. The Kier molecular flexibility index (Phi) is 5.20. The second-order valence-electron chi connectivity index (χ2n) is 5.67. The molecule has 2 N–H and O–H groups in total. The zero-order valence-electron chi connectivity index (χ0n) is 14.2. The summed E-state index contributed by atoms with van der Waals surface area (Å²) in [4.78, 5) is 21.1. The molecule has 0 radical (unpaired) electrons. The van der Waals surface area contributed by atoms with Gasteiger partial charge in [0.15, 0.2) is 0 Å². The summed E-state index contributed by atoms with van der Waals surface area (Å²) < 4.78 is 0. The molecule has 3 aromatic rings. The highest BCUT2D eigenvalue weighted by Gasteiger charge is 2.12. The van der Waals surface area contributed by atoms with Gasteiger partial charge in [-0.1, -0.05) is 42.5 Å². The normalized spacial score (nSPS) is 10.0. The number of aromatic nitrogens is 2. The molecule has 0 aliphatic carbocycles. The molecule has 128 valence electrons. The van der Waals surface area contributed by atoms with Crippen LogP contribution in [0.1, 0.15) is 27.3 Å². The highest BCUT2D eigenvalue weighted by atomic mass is 16.1. The Hall–Kier alpha value is -3.72. The van der Waals surface area contributed by atoms with Gasteiger partial charge in [-0.05, 0) is 30.7 Å². The topological polar surface area (TPSA) is 90.7 Å². The lowest BCUT2D eigenvalue weighted by Gasteiger charge is -2.09. The first-order chi connectivity index (χ1) is 12.7. The Morgan fingerprint density at radius 2 is 1.81 bits per heavy atom. The number of carbonyl (C=O) groups excluding carboxylic acids is 1. The molecule has 26 heavy (non-hydrogen) atoms. The number of para-hydroxylation sites is 1. The van der Waals surface area contributed by atoms with Crippen LogP contribution < -0.4 is 10.6 Å². The van der Waals surface area contributed by atoms with E-state index in [1.54, 1.807) is 37.3 Å². The van der Waals surface area contributed by atoms with E-state index >= 15 is 0 Å². The molecule has 1 amide bonds. The van der Waals surface area contributed by atoms with Gasteiger partial charge in [0.2, 0.25) is 5.95 Å². The number of hydrogen-bond donors (Lipinski definition) is 2. The SMILES string of the molecule is Cc1cc(C(=O)Nc2ccccc2C#N)nc(NCc2ccccc2)n1. The van der Waals surface area contributed by atoms with Crippen molar-refractivity contribution in [2.24, 2.45) is 0 Å². The second-order valence-corrected chi connectivity index (χ2v) is 5.67. The van der Waals surface area contributed by atoms with Crippen LogP contribution in [0.4, 0.5) is 11.6 Å². The van der Waals surface area contributed by atoms with Crippen molar-refractivity contribution in [3.63, 3.8) is 0 Å². The van der Waals surface area contributed by atoms with Gasteiger partial charge in [0.1, 0.15) is 11.8 Å². The number of carbonyl (C=O) groups is 1. The van der Waals surface area contributed by atoms with Crippen molar-refractivity contribution in [3.05, 3.63) is 83.2 Å². The van der Waals surface area contributed by atoms with Crippen molar-refractivity contribution < 1.29 is 4.79 Å². The van der Waals surface area contributed by atoms with E-state index in [0.717, 1.165) is 5.56 Å². The maximum absolute atomic E-state index is 12.5. The smallest absolute Gasteiger partial charge is 0.274 e. The summed E-state index contributed by atoms with van der Waals surface area (Å²) in [7, 11) is 0. The van der Waals surface area contributed by atoms with E-state index in [4.69, 9.17) is 5.26 Å². The average molecular weight is 343 g/mol. The molecule has 0 saturated carbocycles. The lowest BCUT2D eigenvalue weighted by atomic mass is 10.2. The molecule has 0 saturated heterocycles. The van der Waals surface area contributed by atoms with Gasteiger partial charge in [0.25, 0.3) is 5.91 Å². The van der Waals surface area contributed by atoms with Gasteiger partial charge in [-0.25, -0.2) is 9.97 Å². The Morgan fingerprint density at radius 3 is 2.58 bits per heavy atom. The predicted octanol–water partition coefficient (Wildman–Crippen LogP) is 3.52. The average Bonchev–Trinajstić information content (AvgIpc) is 2.67. The molecule has 1 heterocycles. The van der Waals surface area contributed by atoms with Gasteiger partial charge in [0.05, 0.1) is 11.3 Å². The fraction of sp³-hybridized carbons (Fsp3) is 0.100. The molecule has 0 aliphatic heterocycles. The molecule has 0 aliphatic rings. The van der Waals surface area contributed by atoms with Crippen molar-refractivity contribution in [3.8, 4) is 6.07 Å². The molecule has 6 heteroatoms. The molecule has 0 unspecified atom stereocenters. The molecule has 0 bridgehead atoms. The number of amides is 1. The summed E-state index contributed by atoms with van der Waals surface area (Å²) >= 11 is 0. The van der Waals surface area contributed by atoms with E-state index in [1.807, 2.05) is 30.3 Å². The molecule has 0 spiro atoms. The third-order valence-electron chi connectivity index (χ3n) is 3.68. The van der Waals surface area contributed by atoms with E-state index in [1.165, 1.54) is 0 Å². The Bertz CT molecular complexity index is 963. The van der Waals surface area contributed by atoms with E-state index in [-0.39, 0.29) is 11.6 Å². The van der Waals surface area contributed by atoms with E-state index in [0.29, 0.717) is 29.4 Å². The van der Waals surface area contributed by atoms with Gasteiger partial charge in [-0.3, -0.25) is 4.79 Å². The van der Waals surface area contributed by atoms with Crippen molar-refractivity contribution in [2.45, 2.75) is 13.5 Å². The Morgan fingerprint density at radius 1 is 1.08 bits per heavy atom. The van der Waals surface area contributed by atoms with Crippen molar-refractivity contribution in [1.29, 1.82) is 5.26 Å². The maximum atomic E-state index is 12.5. The third-order valence-corrected chi connectivity index (χ3v) is 3.68. The number of rotatable bonds is 5. The van der Waals surface area contributed by atoms with Crippen LogP contribution in [0.2, 0.25) is 0 Å². The van der Waals surface area contributed by atoms with Crippen molar-refractivity contribution in [2.75, 3.05) is 10.6 Å². The number of hydrogen-bond acceptors (Lipinski definition) is 5. The summed E-state index contributed by atoms with van der Waals surface area (Å²) in [6.45, 7) is 2.36. The van der Waals surface area contributed by atoms with Crippen LogP contribution in [0.15, 0.2) is 60.7 Å². The molecule has 6 nitrogen and oxygen atoms in total. The molecule has 1 aromatic heterocycles. The quantitative estimate of drug-likeness (QED) is 0.739. The Labute approximate surface area is 151 Å². The molecular formula is C20H17N5O. The first-order valence-electron chi connectivity index (χ1n) is 8.09. The van der Waals surface area contributed by atoms with Crippen LogP contribution in [-0.2, 0) is 6.54 Å². The molecule has 0 fully saturated rings. The minimum absolute atomic E-state index is 0.237. The molecule has 3 rings (SSSR count). The number of aryl methyl sites for hydroxylation is 1. The molecule has 2 aromatic carbocycles. The first kappa shape index (κ1) is 17.1. The van der Waals surface area contributed by atoms with Crippen LogP contribution in [0.5, 0.6) is 0 Å². The fourth-order valence-corrected chi connectivity index (χ4v) is 2.42. The number of nitrogens with zero attached hydrogens (tertiary/aromatic N) is 3. The summed E-state index contributed by atoms with van der Waals surface area (Å²) in [6.07, 6.45) is 0. The van der Waals surface area contributed by atoms with Crippen LogP contribution >= 0.6 is 0 Å². The van der Waals surface area contributed by atoms with Gasteiger partial charge >= 0.3 is 0 Å². The van der Waals surface area contributed by atoms with Crippen LogP contribution in [0.25, 0.3) is 0 Å². The van der Waals surface area contributed by atoms with Gasteiger partial charge in [-0.15, -0.1) is 0 Å². The monoisotopic (exact) mass is 343 g/mol. The summed E-state index contributed by atoms with van der Waals surface area (Å²) in [5.41, 5.74) is 2.85. The number of nitrogens with one attached hydrogen (secondary N) is 2. The van der Waals surface area contributed by atoms with E-state index in [9.17, 15) is 4.79 Å². The second kappa shape index (κ2) is 7.90. The van der Waals surface area contributed by atoms with Gasteiger partial charge in [0, 0.05) is 12.2 Å². The molecule has 0 atom stereocenters. The van der Waals surface area contributed by atoms with Crippen LogP contribution in [0, 0.1) is 18.3 Å². The summed E-state index contributed by atoms with van der Waals surface area (Å²) in [5.74, 6) is -0.00599. The number of benzene rings is 2. The minimum Gasteiger partial charge on any atom is -0.350 e. The lowest BCUT2D eigenvalue weighted by molar-refractivity contribution is 0.102. The summed E-state index contributed by atoms with van der Waals surface area (Å²) in [5, 5.41) is 15.0. The van der Waals surface area contributed by atoms with Gasteiger partial charge in [-0.2, -0.15) is 5.26 Å².